The van der Waals surface area contributed by atoms with Gasteiger partial charge in [0.2, 0.25) is 5.69 Å². The van der Waals surface area contributed by atoms with Crippen molar-refractivity contribution in [2.24, 2.45) is 0 Å². The van der Waals surface area contributed by atoms with Crippen molar-refractivity contribution in [3.8, 4) is 5.69 Å². The van der Waals surface area contributed by atoms with Crippen molar-refractivity contribution in [3.05, 3.63) is 91.2 Å². The van der Waals surface area contributed by atoms with Gasteiger partial charge in [-0.3, -0.25) is 14.2 Å². The van der Waals surface area contributed by atoms with Gasteiger partial charge in [-0.15, -0.1) is 0 Å². The van der Waals surface area contributed by atoms with Gasteiger partial charge in [-0.05, 0) is 50.1 Å². The summed E-state index contributed by atoms with van der Waals surface area (Å²) in [5.41, 5.74) is 0.186. The Kier molecular flexibility index (Phi) is 5.98. The Morgan fingerprint density at radius 3 is 2.52 bits per heavy atom. The molecule has 0 saturated heterocycles. The average Bonchev–Trinajstić information content (AvgIpc) is 2.66. The standard InChI is InChI=1S/C21H21ClN4O3/c1-13(2)23-19(27)18-20(28)25(12-15-8-4-5-10-17(15)22)21(29)26(24-18)16-9-6-7-14(3)11-16/h4-11,13H,12H2,1-3H3,(H,23,27). The molecular formula is C21H21ClN4O3. The van der Waals surface area contributed by atoms with E-state index in [4.69, 9.17) is 11.6 Å². The lowest BCUT2D eigenvalue weighted by molar-refractivity contribution is 0.0933. The fraction of sp³-hybridized carbons (Fsp3) is 0.238. The summed E-state index contributed by atoms with van der Waals surface area (Å²) >= 11 is 6.21. The van der Waals surface area contributed by atoms with Gasteiger partial charge in [-0.1, -0.05) is 41.9 Å². The lowest BCUT2D eigenvalue weighted by Crippen LogP contribution is -2.46. The van der Waals surface area contributed by atoms with E-state index >= 15 is 0 Å². The highest BCUT2D eigenvalue weighted by molar-refractivity contribution is 6.31. The topological polar surface area (TPSA) is 86.0 Å². The summed E-state index contributed by atoms with van der Waals surface area (Å²) in [7, 11) is 0. The number of hydrogen-bond donors (Lipinski definition) is 1. The predicted molar refractivity (Wildman–Crippen MR) is 112 cm³/mol. The number of aryl methyl sites for hydroxylation is 1. The SMILES string of the molecule is Cc1cccc(-n2nc(C(=O)NC(C)C)c(=O)n(Cc3ccccc3Cl)c2=O)c1. The van der Waals surface area contributed by atoms with Gasteiger partial charge >= 0.3 is 5.69 Å². The summed E-state index contributed by atoms with van der Waals surface area (Å²) in [5.74, 6) is -0.640. The number of aromatic nitrogens is 3. The van der Waals surface area contributed by atoms with Crippen LogP contribution >= 0.6 is 11.6 Å². The molecule has 2 aromatic carbocycles. The molecule has 0 aliphatic rings. The molecule has 0 radical (unpaired) electrons. The molecule has 1 heterocycles. The van der Waals surface area contributed by atoms with Crippen LogP contribution in [0.3, 0.4) is 0 Å². The number of benzene rings is 2. The number of hydrogen-bond acceptors (Lipinski definition) is 4. The van der Waals surface area contributed by atoms with E-state index in [1.165, 1.54) is 0 Å². The maximum atomic E-state index is 13.1. The smallest absolute Gasteiger partial charge is 0.348 e. The third-order valence-corrected chi connectivity index (χ3v) is 4.60. The molecule has 0 fully saturated rings. The minimum atomic E-state index is -0.767. The molecule has 0 spiro atoms. The number of nitrogens with zero attached hydrogens (tertiary/aromatic N) is 3. The highest BCUT2D eigenvalue weighted by Gasteiger charge is 2.21. The number of carbonyl (C=O) groups excluding carboxylic acids is 1. The van der Waals surface area contributed by atoms with E-state index in [1.54, 1.807) is 56.3 Å². The minimum absolute atomic E-state index is 0.0758. The molecule has 3 aromatic rings. The van der Waals surface area contributed by atoms with Gasteiger partial charge in [0.05, 0.1) is 12.2 Å². The van der Waals surface area contributed by atoms with Gasteiger partial charge in [0.1, 0.15) is 0 Å². The number of halogens is 1. The second-order valence-corrected chi connectivity index (χ2v) is 7.40. The second kappa shape index (κ2) is 8.45. The van der Waals surface area contributed by atoms with Gasteiger partial charge in [0.15, 0.2) is 0 Å². The van der Waals surface area contributed by atoms with Crippen LogP contribution in [0.1, 0.15) is 35.5 Å². The van der Waals surface area contributed by atoms with Crippen LogP contribution < -0.4 is 16.6 Å². The van der Waals surface area contributed by atoms with E-state index in [2.05, 4.69) is 10.4 Å². The lowest BCUT2D eigenvalue weighted by atomic mass is 10.2. The molecule has 1 amide bonds. The minimum Gasteiger partial charge on any atom is -0.348 e. The summed E-state index contributed by atoms with van der Waals surface area (Å²) in [6, 6.07) is 13.8. The third kappa shape index (κ3) is 4.46. The predicted octanol–water partition coefficient (Wildman–Crippen LogP) is 2.54. The van der Waals surface area contributed by atoms with Gasteiger partial charge in [0, 0.05) is 11.1 Å². The van der Waals surface area contributed by atoms with Crippen LogP contribution in [0.4, 0.5) is 0 Å². The van der Waals surface area contributed by atoms with Gasteiger partial charge < -0.3 is 5.32 Å². The van der Waals surface area contributed by atoms with Crippen molar-refractivity contribution in [1.29, 1.82) is 0 Å². The third-order valence-electron chi connectivity index (χ3n) is 4.23. The van der Waals surface area contributed by atoms with E-state index in [-0.39, 0.29) is 18.3 Å². The van der Waals surface area contributed by atoms with Gasteiger partial charge in [-0.25, -0.2) is 4.79 Å². The van der Waals surface area contributed by atoms with Crippen molar-refractivity contribution in [2.75, 3.05) is 0 Å². The van der Waals surface area contributed by atoms with Crippen LogP contribution in [-0.4, -0.2) is 26.3 Å². The molecule has 7 nitrogen and oxygen atoms in total. The Labute approximate surface area is 172 Å². The van der Waals surface area contributed by atoms with Crippen LogP contribution in [0.2, 0.25) is 5.02 Å². The molecule has 0 unspecified atom stereocenters. The monoisotopic (exact) mass is 412 g/mol. The first-order chi connectivity index (χ1) is 13.8. The van der Waals surface area contributed by atoms with Crippen LogP contribution in [0.25, 0.3) is 5.69 Å². The zero-order valence-corrected chi connectivity index (χ0v) is 17.1. The molecular weight excluding hydrogens is 392 g/mol. The number of amides is 1. The molecule has 0 bridgehead atoms. The Bertz CT molecular complexity index is 1180. The lowest BCUT2D eigenvalue weighted by Gasteiger charge is -2.14. The van der Waals surface area contributed by atoms with E-state index in [0.717, 1.165) is 14.8 Å². The van der Waals surface area contributed by atoms with E-state index in [1.807, 2.05) is 13.0 Å². The fourth-order valence-corrected chi connectivity index (χ4v) is 3.05. The molecule has 150 valence electrons. The van der Waals surface area contributed by atoms with Gasteiger partial charge in [-0.2, -0.15) is 9.78 Å². The summed E-state index contributed by atoms with van der Waals surface area (Å²) in [4.78, 5) is 38.6. The zero-order chi connectivity index (χ0) is 21.1. The van der Waals surface area contributed by atoms with Gasteiger partial charge in [0.25, 0.3) is 11.5 Å². The zero-order valence-electron chi connectivity index (χ0n) is 16.3. The van der Waals surface area contributed by atoms with Crippen molar-refractivity contribution in [2.45, 2.75) is 33.4 Å². The highest BCUT2D eigenvalue weighted by atomic mass is 35.5. The Morgan fingerprint density at radius 2 is 1.86 bits per heavy atom. The molecule has 0 aliphatic carbocycles. The summed E-state index contributed by atoms with van der Waals surface area (Å²) in [6.45, 7) is 5.35. The first-order valence-corrected chi connectivity index (χ1v) is 9.51. The summed E-state index contributed by atoms with van der Waals surface area (Å²) < 4.78 is 2.05. The normalized spacial score (nSPS) is 10.9. The molecule has 1 aromatic heterocycles. The molecule has 0 saturated carbocycles. The molecule has 3 rings (SSSR count). The van der Waals surface area contributed by atoms with Crippen LogP contribution in [-0.2, 0) is 6.54 Å². The Hall–Kier alpha value is -3.19. The first kappa shape index (κ1) is 20.5. The quantitative estimate of drug-likeness (QED) is 0.697. The van der Waals surface area contributed by atoms with Crippen LogP contribution in [0.15, 0.2) is 58.1 Å². The average molecular weight is 413 g/mol. The van der Waals surface area contributed by atoms with Crippen LogP contribution in [0.5, 0.6) is 0 Å². The van der Waals surface area contributed by atoms with Crippen molar-refractivity contribution in [3.63, 3.8) is 0 Å². The highest BCUT2D eigenvalue weighted by Crippen LogP contribution is 2.15. The van der Waals surface area contributed by atoms with E-state index in [9.17, 15) is 14.4 Å². The second-order valence-electron chi connectivity index (χ2n) is 6.99. The molecule has 1 N–H and O–H groups in total. The number of carbonyl (C=O) groups is 1. The van der Waals surface area contributed by atoms with Crippen molar-refractivity contribution in [1.82, 2.24) is 19.7 Å². The summed E-state index contributed by atoms with van der Waals surface area (Å²) in [5, 5.41) is 7.16. The maximum absolute atomic E-state index is 13.1. The number of nitrogens with one attached hydrogen (secondary N) is 1. The number of rotatable bonds is 5. The molecule has 8 heteroatoms. The van der Waals surface area contributed by atoms with E-state index < -0.39 is 17.2 Å². The van der Waals surface area contributed by atoms with Crippen LogP contribution in [0, 0.1) is 6.92 Å². The van der Waals surface area contributed by atoms with Crippen molar-refractivity contribution >= 4 is 17.5 Å². The van der Waals surface area contributed by atoms with Crippen molar-refractivity contribution < 1.29 is 4.79 Å². The fourth-order valence-electron chi connectivity index (χ4n) is 2.85. The largest absolute Gasteiger partial charge is 0.352 e. The Morgan fingerprint density at radius 1 is 1.14 bits per heavy atom. The van der Waals surface area contributed by atoms with E-state index in [0.29, 0.717) is 16.3 Å². The molecule has 0 aliphatic heterocycles. The first-order valence-electron chi connectivity index (χ1n) is 9.13. The molecule has 0 atom stereocenters. The molecule has 29 heavy (non-hydrogen) atoms. The summed E-state index contributed by atoms with van der Waals surface area (Å²) in [6.07, 6.45) is 0. The maximum Gasteiger partial charge on any atom is 0.352 e. The Balaban J connectivity index is 2.24.